The fourth-order valence-corrected chi connectivity index (χ4v) is 3.16. The summed E-state index contributed by atoms with van der Waals surface area (Å²) in [5.41, 5.74) is 1.23. The fraction of sp³-hybridized carbons (Fsp3) is 0.235. The van der Waals surface area contributed by atoms with Gasteiger partial charge in [-0.05, 0) is 29.8 Å². The van der Waals surface area contributed by atoms with Crippen molar-refractivity contribution in [2.24, 2.45) is 0 Å². The molecule has 0 amide bonds. The average molecular weight is 387 g/mol. The highest BCUT2D eigenvalue weighted by Crippen LogP contribution is 2.32. The molecule has 0 heterocycles. The van der Waals surface area contributed by atoms with Crippen molar-refractivity contribution in [1.82, 2.24) is 0 Å². The van der Waals surface area contributed by atoms with E-state index < -0.39 is 16.8 Å². The molecule has 0 saturated carbocycles. The molecule has 2 aromatic carbocycles. The molecule has 0 aliphatic rings. The Bertz CT molecular complexity index is 729. The molecule has 2 rings (SSSR count). The Balaban J connectivity index is 1.86. The third-order valence-electron chi connectivity index (χ3n) is 3.01. The lowest BCUT2D eigenvalue weighted by molar-refractivity contribution is 0.0450. The predicted molar refractivity (Wildman–Crippen MR) is 96.5 cm³/mol. The summed E-state index contributed by atoms with van der Waals surface area (Å²) in [7, 11) is -0.968. The van der Waals surface area contributed by atoms with Crippen LogP contribution in [0.15, 0.2) is 42.5 Å². The summed E-state index contributed by atoms with van der Waals surface area (Å²) in [4.78, 5) is 12.0. The monoisotopic (exact) mass is 386 g/mol. The minimum atomic E-state index is -0.968. The first-order valence-corrected chi connectivity index (χ1v) is 9.58. The van der Waals surface area contributed by atoms with Crippen molar-refractivity contribution in [3.8, 4) is 5.75 Å². The van der Waals surface area contributed by atoms with Crippen LogP contribution >= 0.6 is 23.2 Å². The molecule has 0 N–H and O–H groups in total. The van der Waals surface area contributed by atoms with Crippen LogP contribution in [0.3, 0.4) is 0 Å². The number of hydrogen-bond donors (Lipinski definition) is 0. The first-order chi connectivity index (χ1) is 11.5. The molecule has 0 aromatic heterocycles. The smallest absolute Gasteiger partial charge is 0.338 e. The summed E-state index contributed by atoms with van der Waals surface area (Å²) < 4.78 is 21.9. The summed E-state index contributed by atoms with van der Waals surface area (Å²) >= 11 is 12.0. The number of carbonyl (C=O) groups is 1. The molecular weight excluding hydrogens is 371 g/mol. The van der Waals surface area contributed by atoms with Gasteiger partial charge in [-0.25, -0.2) is 4.79 Å². The van der Waals surface area contributed by atoms with Gasteiger partial charge in [0.2, 0.25) is 0 Å². The second-order valence-corrected chi connectivity index (χ2v) is 7.20. The lowest BCUT2D eigenvalue weighted by Crippen LogP contribution is -2.13. The molecule has 0 aliphatic carbocycles. The zero-order chi connectivity index (χ0) is 17.5. The van der Waals surface area contributed by atoms with Gasteiger partial charge in [0, 0.05) is 22.8 Å². The van der Waals surface area contributed by atoms with Gasteiger partial charge >= 0.3 is 5.97 Å². The van der Waals surface area contributed by atoms with E-state index in [4.69, 9.17) is 32.7 Å². The topological polar surface area (TPSA) is 52.6 Å². The Morgan fingerprint density at radius 1 is 1.08 bits per heavy atom. The second kappa shape index (κ2) is 9.06. The van der Waals surface area contributed by atoms with Gasteiger partial charge in [0.15, 0.2) is 5.75 Å². The molecule has 0 radical (unpaired) electrons. The van der Waals surface area contributed by atoms with Crippen LogP contribution in [0.4, 0.5) is 0 Å². The van der Waals surface area contributed by atoms with Crippen molar-refractivity contribution in [3.05, 3.63) is 63.6 Å². The van der Waals surface area contributed by atoms with Crippen LogP contribution in [0.5, 0.6) is 5.75 Å². The highest BCUT2D eigenvalue weighted by Gasteiger charge is 2.10. The molecule has 0 saturated heterocycles. The van der Waals surface area contributed by atoms with Gasteiger partial charge in [-0.2, -0.15) is 0 Å². The van der Waals surface area contributed by atoms with Crippen molar-refractivity contribution in [2.45, 2.75) is 5.75 Å². The van der Waals surface area contributed by atoms with Crippen molar-refractivity contribution in [3.63, 3.8) is 0 Å². The van der Waals surface area contributed by atoms with Crippen LogP contribution in [0.25, 0.3) is 0 Å². The van der Waals surface area contributed by atoms with E-state index in [9.17, 15) is 9.00 Å². The summed E-state index contributed by atoms with van der Waals surface area (Å²) in [5, 5.41) is 0.795. The van der Waals surface area contributed by atoms with E-state index in [0.717, 1.165) is 5.56 Å². The van der Waals surface area contributed by atoms with Crippen LogP contribution in [-0.4, -0.2) is 29.6 Å². The molecule has 0 aliphatic heterocycles. The summed E-state index contributed by atoms with van der Waals surface area (Å²) in [6, 6.07) is 11.9. The SMILES string of the molecule is CS(=O)Cc1cccc(C(=O)OCCOc2c(Cl)cccc2Cl)c1. The quantitative estimate of drug-likeness (QED) is 0.530. The number of benzene rings is 2. The third-order valence-corrected chi connectivity index (χ3v) is 4.35. The number of esters is 1. The predicted octanol–water partition coefficient (Wildman–Crippen LogP) is 4.11. The molecule has 0 bridgehead atoms. The van der Waals surface area contributed by atoms with E-state index in [1.807, 2.05) is 6.07 Å². The van der Waals surface area contributed by atoms with Crippen LogP contribution in [0.1, 0.15) is 15.9 Å². The fourth-order valence-electron chi connectivity index (χ4n) is 2.00. The molecule has 0 spiro atoms. The lowest BCUT2D eigenvalue weighted by atomic mass is 10.1. The van der Waals surface area contributed by atoms with Gasteiger partial charge in [0.1, 0.15) is 13.2 Å². The first-order valence-electron chi connectivity index (χ1n) is 7.10. The highest BCUT2D eigenvalue weighted by atomic mass is 35.5. The maximum atomic E-state index is 12.0. The van der Waals surface area contributed by atoms with Gasteiger partial charge in [0.05, 0.1) is 15.6 Å². The number of ether oxygens (including phenoxy) is 2. The zero-order valence-electron chi connectivity index (χ0n) is 13.0. The van der Waals surface area contributed by atoms with E-state index in [1.54, 1.807) is 42.7 Å². The summed E-state index contributed by atoms with van der Waals surface area (Å²) in [6.07, 6.45) is 1.61. The minimum absolute atomic E-state index is 0.0598. The van der Waals surface area contributed by atoms with E-state index in [0.29, 0.717) is 27.1 Å². The average Bonchev–Trinajstić information content (AvgIpc) is 2.53. The van der Waals surface area contributed by atoms with E-state index in [2.05, 4.69) is 0 Å². The van der Waals surface area contributed by atoms with Crippen LogP contribution in [-0.2, 0) is 21.3 Å². The number of halogens is 2. The molecule has 4 nitrogen and oxygen atoms in total. The molecule has 24 heavy (non-hydrogen) atoms. The van der Waals surface area contributed by atoms with Crippen molar-refractivity contribution in [2.75, 3.05) is 19.5 Å². The van der Waals surface area contributed by atoms with Gasteiger partial charge in [-0.15, -0.1) is 0 Å². The van der Waals surface area contributed by atoms with E-state index in [1.165, 1.54) is 0 Å². The molecule has 2 aromatic rings. The number of para-hydroxylation sites is 1. The molecule has 7 heteroatoms. The lowest BCUT2D eigenvalue weighted by Gasteiger charge is -2.10. The van der Waals surface area contributed by atoms with Crippen LogP contribution in [0, 0.1) is 0 Å². The Labute approximate surface area is 153 Å². The normalized spacial score (nSPS) is 11.8. The number of rotatable bonds is 7. The second-order valence-electron chi connectivity index (χ2n) is 4.95. The van der Waals surface area contributed by atoms with Gasteiger partial charge < -0.3 is 9.47 Å². The maximum absolute atomic E-state index is 12.0. The third kappa shape index (κ3) is 5.51. The summed E-state index contributed by atoms with van der Waals surface area (Å²) in [6.45, 7) is 0.193. The standard InChI is InChI=1S/C17H16Cl2O4S/c1-24(21)11-12-4-2-5-13(10-12)17(20)23-9-8-22-16-14(18)6-3-7-15(16)19/h2-7,10H,8-9,11H2,1H3. The van der Waals surface area contributed by atoms with Crippen LogP contribution < -0.4 is 4.74 Å². The molecule has 0 fully saturated rings. The largest absolute Gasteiger partial charge is 0.487 e. The van der Waals surface area contributed by atoms with Crippen molar-refractivity contribution < 1.29 is 18.5 Å². The highest BCUT2D eigenvalue weighted by molar-refractivity contribution is 7.83. The summed E-state index contributed by atoms with van der Waals surface area (Å²) in [5.74, 6) is 0.298. The Morgan fingerprint density at radius 2 is 1.75 bits per heavy atom. The van der Waals surface area contributed by atoms with Gasteiger partial charge in [0.25, 0.3) is 0 Å². The Hall–Kier alpha value is -1.56. The Kier molecular flexibility index (Phi) is 7.09. The minimum Gasteiger partial charge on any atom is -0.487 e. The first kappa shape index (κ1) is 18.8. The van der Waals surface area contributed by atoms with Gasteiger partial charge in [-0.1, -0.05) is 41.4 Å². The number of hydrogen-bond acceptors (Lipinski definition) is 4. The molecule has 128 valence electrons. The van der Waals surface area contributed by atoms with Crippen LogP contribution in [0.2, 0.25) is 10.0 Å². The van der Waals surface area contributed by atoms with Crippen molar-refractivity contribution in [1.29, 1.82) is 0 Å². The van der Waals surface area contributed by atoms with Gasteiger partial charge in [-0.3, -0.25) is 4.21 Å². The molecule has 1 atom stereocenters. The van der Waals surface area contributed by atoms with E-state index >= 15 is 0 Å². The molecule has 1 unspecified atom stereocenters. The number of carbonyl (C=O) groups excluding carboxylic acids is 1. The Morgan fingerprint density at radius 3 is 2.42 bits per heavy atom. The maximum Gasteiger partial charge on any atom is 0.338 e. The van der Waals surface area contributed by atoms with E-state index in [-0.39, 0.29) is 13.2 Å². The zero-order valence-corrected chi connectivity index (χ0v) is 15.3. The molecular formula is C17H16Cl2O4S. The van der Waals surface area contributed by atoms with Crippen molar-refractivity contribution >= 4 is 40.0 Å².